The molecule has 0 aliphatic heterocycles. The molecule has 128 valence electrons. The van der Waals surface area contributed by atoms with Gasteiger partial charge in [-0.1, -0.05) is 44.2 Å². The van der Waals surface area contributed by atoms with Crippen LogP contribution in [-0.2, 0) is 0 Å². The van der Waals surface area contributed by atoms with Crippen molar-refractivity contribution in [3.63, 3.8) is 0 Å². The third-order valence-electron chi connectivity index (χ3n) is 4.72. The zero-order valence-electron chi connectivity index (χ0n) is 14.8. The number of nitrogens with zero attached hydrogens (tertiary/aromatic N) is 2. The summed E-state index contributed by atoms with van der Waals surface area (Å²) in [6, 6.07) is 13.0. The van der Waals surface area contributed by atoms with Crippen LogP contribution in [0.25, 0.3) is 0 Å². The Bertz CT molecular complexity index is 615. The molecule has 2 aromatic rings. The molecule has 1 fully saturated rings. The third kappa shape index (κ3) is 3.86. The summed E-state index contributed by atoms with van der Waals surface area (Å²) in [4.78, 5) is 9.43. The fourth-order valence-corrected chi connectivity index (χ4v) is 3.27. The lowest BCUT2D eigenvalue weighted by Gasteiger charge is -2.37. The number of aromatic nitrogens is 2. The van der Waals surface area contributed by atoms with Crippen molar-refractivity contribution in [2.75, 3.05) is 23.7 Å². The second-order valence-corrected chi connectivity index (χ2v) is 6.56. The molecule has 1 aromatic carbocycles. The van der Waals surface area contributed by atoms with Crippen molar-refractivity contribution in [3.05, 3.63) is 47.7 Å². The lowest BCUT2D eigenvalue weighted by atomic mass is 9.68. The molecule has 2 N–H and O–H groups in total. The van der Waals surface area contributed by atoms with E-state index < -0.39 is 0 Å². The maximum atomic E-state index is 4.81. The summed E-state index contributed by atoms with van der Waals surface area (Å²) in [5.41, 5.74) is 2.60. The Balaban J connectivity index is 1.82. The Labute approximate surface area is 145 Å². The molecule has 1 aliphatic rings. The minimum atomic E-state index is 0.500. The normalized spacial score (nSPS) is 19.6. The third-order valence-corrected chi connectivity index (χ3v) is 4.72. The minimum Gasteiger partial charge on any atom is -0.370 e. The molecule has 0 amide bonds. The van der Waals surface area contributed by atoms with Crippen LogP contribution in [0.15, 0.2) is 36.4 Å². The Morgan fingerprint density at radius 3 is 2.29 bits per heavy atom. The van der Waals surface area contributed by atoms with Crippen molar-refractivity contribution in [2.24, 2.45) is 0 Å². The van der Waals surface area contributed by atoms with E-state index in [0.717, 1.165) is 37.7 Å². The van der Waals surface area contributed by atoms with Crippen LogP contribution in [0.5, 0.6) is 0 Å². The smallest absolute Gasteiger partial charge is 0.224 e. The lowest BCUT2D eigenvalue weighted by molar-refractivity contribution is 0.340. The fourth-order valence-electron chi connectivity index (χ4n) is 3.27. The van der Waals surface area contributed by atoms with E-state index in [2.05, 4.69) is 65.9 Å². The molecule has 1 unspecified atom stereocenters. The monoisotopic (exact) mass is 324 g/mol. The molecule has 24 heavy (non-hydrogen) atoms. The maximum absolute atomic E-state index is 4.81. The predicted molar refractivity (Wildman–Crippen MR) is 101 cm³/mol. The van der Waals surface area contributed by atoms with Crippen molar-refractivity contribution in [1.29, 1.82) is 0 Å². The Morgan fingerprint density at radius 1 is 0.917 bits per heavy atom. The fraction of sp³-hybridized carbons (Fsp3) is 0.500. The van der Waals surface area contributed by atoms with Gasteiger partial charge >= 0.3 is 0 Å². The summed E-state index contributed by atoms with van der Waals surface area (Å²) in [6.45, 7) is 6.17. The van der Waals surface area contributed by atoms with Gasteiger partial charge in [0.15, 0.2) is 0 Å². The Kier molecular flexibility index (Phi) is 5.68. The summed E-state index contributed by atoms with van der Waals surface area (Å²) in [5, 5.41) is 6.77. The highest BCUT2D eigenvalue weighted by Crippen LogP contribution is 2.48. The van der Waals surface area contributed by atoms with Gasteiger partial charge in [0.25, 0.3) is 0 Å². The molecule has 1 saturated carbocycles. The van der Waals surface area contributed by atoms with Crippen LogP contribution in [-0.4, -0.2) is 23.1 Å². The van der Waals surface area contributed by atoms with Crippen molar-refractivity contribution in [2.45, 2.75) is 51.4 Å². The average Bonchev–Trinajstić information content (AvgIpc) is 2.58. The first-order valence-corrected chi connectivity index (χ1v) is 9.23. The van der Waals surface area contributed by atoms with Crippen molar-refractivity contribution >= 4 is 11.8 Å². The number of anilines is 2. The first kappa shape index (κ1) is 16.7. The molecular formula is C20H28N4. The van der Waals surface area contributed by atoms with Crippen LogP contribution in [0.2, 0.25) is 0 Å². The van der Waals surface area contributed by atoms with E-state index in [1.807, 2.05) is 0 Å². The molecule has 4 nitrogen and oxygen atoms in total. The van der Waals surface area contributed by atoms with Crippen molar-refractivity contribution in [1.82, 2.24) is 9.97 Å². The van der Waals surface area contributed by atoms with Crippen LogP contribution in [0.4, 0.5) is 11.8 Å². The van der Waals surface area contributed by atoms with E-state index >= 15 is 0 Å². The second kappa shape index (κ2) is 8.13. The van der Waals surface area contributed by atoms with E-state index in [4.69, 9.17) is 4.98 Å². The summed E-state index contributed by atoms with van der Waals surface area (Å²) in [7, 11) is 0. The SMILES string of the molecule is CCCNc1cc([C@H]2CCC2c2ccccc2)nc(NCCC)n1. The number of rotatable bonds is 8. The lowest BCUT2D eigenvalue weighted by Crippen LogP contribution is -2.23. The van der Waals surface area contributed by atoms with Crippen LogP contribution in [0, 0.1) is 0 Å². The van der Waals surface area contributed by atoms with Gasteiger partial charge in [-0.3, -0.25) is 0 Å². The molecule has 0 spiro atoms. The molecule has 1 aromatic heterocycles. The molecule has 0 radical (unpaired) electrons. The molecular weight excluding hydrogens is 296 g/mol. The standard InChI is InChI=1S/C20H28N4/c1-3-12-21-19-14-18(23-20(24-19)22-13-4-2)17-11-10-16(17)15-8-6-5-7-9-15/h5-9,14,16-17H,3-4,10-13H2,1-2H3,(H2,21,22,23,24)/t16?,17-/m0/s1. The summed E-state index contributed by atoms with van der Waals surface area (Å²) >= 11 is 0. The quantitative estimate of drug-likeness (QED) is 0.733. The maximum Gasteiger partial charge on any atom is 0.224 e. The minimum absolute atomic E-state index is 0.500. The zero-order valence-corrected chi connectivity index (χ0v) is 14.8. The Morgan fingerprint density at radius 2 is 1.62 bits per heavy atom. The molecule has 1 aliphatic carbocycles. The van der Waals surface area contributed by atoms with Gasteiger partial charge in [-0.15, -0.1) is 0 Å². The molecule has 2 atom stereocenters. The largest absolute Gasteiger partial charge is 0.370 e. The van der Waals surface area contributed by atoms with Gasteiger partial charge in [0.05, 0.1) is 5.69 Å². The zero-order chi connectivity index (χ0) is 16.8. The predicted octanol–water partition coefficient (Wildman–Crippen LogP) is 4.78. The highest BCUT2D eigenvalue weighted by atomic mass is 15.1. The van der Waals surface area contributed by atoms with Gasteiger partial charge < -0.3 is 10.6 Å². The number of nitrogens with one attached hydrogen (secondary N) is 2. The highest BCUT2D eigenvalue weighted by molar-refractivity contribution is 5.44. The van der Waals surface area contributed by atoms with Gasteiger partial charge in [-0.05, 0) is 37.2 Å². The molecule has 1 heterocycles. The van der Waals surface area contributed by atoms with E-state index in [-0.39, 0.29) is 0 Å². The van der Waals surface area contributed by atoms with Crippen molar-refractivity contribution < 1.29 is 0 Å². The molecule has 3 rings (SSSR count). The first-order valence-electron chi connectivity index (χ1n) is 9.23. The van der Waals surface area contributed by atoms with Gasteiger partial charge in [0.2, 0.25) is 5.95 Å². The number of hydrogen-bond donors (Lipinski definition) is 2. The van der Waals surface area contributed by atoms with Gasteiger partial charge in [0, 0.05) is 25.1 Å². The van der Waals surface area contributed by atoms with Crippen LogP contribution in [0.3, 0.4) is 0 Å². The molecule has 0 bridgehead atoms. The Hall–Kier alpha value is -2.10. The van der Waals surface area contributed by atoms with E-state index in [9.17, 15) is 0 Å². The highest BCUT2D eigenvalue weighted by Gasteiger charge is 2.34. The van der Waals surface area contributed by atoms with E-state index in [1.165, 1.54) is 24.1 Å². The van der Waals surface area contributed by atoms with E-state index in [0.29, 0.717) is 11.8 Å². The summed E-state index contributed by atoms with van der Waals surface area (Å²) in [5.74, 6) is 2.78. The van der Waals surface area contributed by atoms with Crippen LogP contribution >= 0.6 is 0 Å². The number of benzene rings is 1. The second-order valence-electron chi connectivity index (χ2n) is 6.56. The molecule has 0 saturated heterocycles. The van der Waals surface area contributed by atoms with Crippen LogP contribution in [0.1, 0.15) is 62.6 Å². The molecule has 4 heteroatoms. The summed E-state index contributed by atoms with van der Waals surface area (Å²) < 4.78 is 0. The van der Waals surface area contributed by atoms with Gasteiger partial charge in [-0.2, -0.15) is 4.98 Å². The van der Waals surface area contributed by atoms with Crippen LogP contribution < -0.4 is 10.6 Å². The number of hydrogen-bond acceptors (Lipinski definition) is 4. The average molecular weight is 324 g/mol. The van der Waals surface area contributed by atoms with Gasteiger partial charge in [0.1, 0.15) is 5.82 Å². The topological polar surface area (TPSA) is 49.8 Å². The van der Waals surface area contributed by atoms with Crippen molar-refractivity contribution in [3.8, 4) is 0 Å². The first-order chi connectivity index (χ1) is 11.8. The summed E-state index contributed by atoms with van der Waals surface area (Å²) in [6.07, 6.45) is 4.61. The van der Waals surface area contributed by atoms with E-state index in [1.54, 1.807) is 0 Å². The van der Waals surface area contributed by atoms with Gasteiger partial charge in [-0.25, -0.2) is 4.98 Å².